The van der Waals surface area contributed by atoms with Crippen LogP contribution in [0.3, 0.4) is 0 Å². The maximum atomic E-state index is 12.4. The molecule has 0 spiro atoms. The van der Waals surface area contributed by atoms with Crippen molar-refractivity contribution in [2.45, 2.75) is 62.4 Å². The van der Waals surface area contributed by atoms with Crippen LogP contribution >= 0.6 is 12.6 Å². The first-order chi connectivity index (χ1) is 12.3. The third kappa shape index (κ3) is 9.80. The number of carbonyl (C=O) groups is 5. The fourth-order valence-corrected chi connectivity index (χ4v) is 2.17. The standard InChI is InChI=1S/C15H25N3O8S/c1-15(2,27)11(18-9(19)5-3-7(16)13(23)24)12(22)17-8(14(25)26)4-6-10(20)21/h7-8,11,27H,3-6,16H2,1-2H3,(H,17,22)(H,18,19)(H,20,21)(H,23,24)(H,25,26)/t7-,8-,11+/m0/s1. The van der Waals surface area contributed by atoms with E-state index in [1.165, 1.54) is 13.8 Å². The van der Waals surface area contributed by atoms with Crippen LogP contribution in [0.5, 0.6) is 0 Å². The molecule has 0 radical (unpaired) electrons. The lowest BCUT2D eigenvalue weighted by Gasteiger charge is -2.30. The number of nitrogens with two attached hydrogens (primary N) is 1. The zero-order chi connectivity index (χ0) is 21.4. The van der Waals surface area contributed by atoms with E-state index in [1.54, 1.807) is 0 Å². The Morgan fingerprint density at radius 2 is 1.52 bits per heavy atom. The summed E-state index contributed by atoms with van der Waals surface area (Å²) < 4.78 is -1.09. The average Bonchev–Trinajstić information content (AvgIpc) is 2.52. The van der Waals surface area contributed by atoms with Gasteiger partial charge in [0.25, 0.3) is 0 Å². The predicted octanol–water partition coefficient (Wildman–Crippen LogP) is -1.19. The molecule has 0 bridgehead atoms. The van der Waals surface area contributed by atoms with Crippen molar-refractivity contribution >= 4 is 42.4 Å². The van der Waals surface area contributed by atoms with E-state index in [2.05, 4.69) is 23.3 Å². The van der Waals surface area contributed by atoms with Gasteiger partial charge in [0, 0.05) is 17.6 Å². The molecule has 0 aromatic heterocycles. The number of hydrogen-bond donors (Lipinski definition) is 7. The second-order valence-corrected chi connectivity index (χ2v) is 7.62. The van der Waals surface area contributed by atoms with Crippen LogP contribution in [0.1, 0.15) is 39.5 Å². The van der Waals surface area contributed by atoms with Crippen molar-refractivity contribution in [2.24, 2.45) is 5.73 Å². The largest absolute Gasteiger partial charge is 0.481 e. The summed E-state index contributed by atoms with van der Waals surface area (Å²) in [6.07, 6.45) is -1.22. The van der Waals surface area contributed by atoms with Crippen LogP contribution in [0.15, 0.2) is 0 Å². The van der Waals surface area contributed by atoms with Gasteiger partial charge in [0.15, 0.2) is 0 Å². The minimum Gasteiger partial charge on any atom is -0.481 e. The third-order valence-electron chi connectivity index (χ3n) is 3.54. The number of aliphatic carboxylic acids is 3. The second-order valence-electron chi connectivity index (χ2n) is 6.47. The number of carbonyl (C=O) groups excluding carboxylic acids is 2. The van der Waals surface area contributed by atoms with Gasteiger partial charge >= 0.3 is 17.9 Å². The maximum Gasteiger partial charge on any atom is 0.326 e. The van der Waals surface area contributed by atoms with Gasteiger partial charge in [-0.1, -0.05) is 0 Å². The van der Waals surface area contributed by atoms with Gasteiger partial charge in [0.1, 0.15) is 18.1 Å². The lowest BCUT2D eigenvalue weighted by Crippen LogP contribution is -2.58. The fourth-order valence-electron chi connectivity index (χ4n) is 1.99. The lowest BCUT2D eigenvalue weighted by atomic mass is 10.0. The fraction of sp³-hybridized carbons (Fsp3) is 0.667. The normalized spacial score (nSPS) is 14.5. The summed E-state index contributed by atoms with van der Waals surface area (Å²) in [6, 6.07) is -3.94. The molecular formula is C15H25N3O8S. The Hall–Kier alpha value is -2.34. The Kier molecular flexibility index (Phi) is 9.79. The maximum absolute atomic E-state index is 12.4. The third-order valence-corrected chi connectivity index (χ3v) is 3.79. The molecule has 0 aliphatic rings. The monoisotopic (exact) mass is 407 g/mol. The Morgan fingerprint density at radius 1 is 0.963 bits per heavy atom. The number of thiol groups is 1. The molecule has 2 amide bonds. The van der Waals surface area contributed by atoms with Crippen molar-refractivity contribution in [3.63, 3.8) is 0 Å². The second kappa shape index (κ2) is 10.7. The Balaban J connectivity index is 5.04. The Morgan fingerprint density at radius 3 is 1.93 bits per heavy atom. The summed E-state index contributed by atoms with van der Waals surface area (Å²) in [7, 11) is 0. The molecule has 0 fully saturated rings. The van der Waals surface area contributed by atoms with Crippen LogP contribution in [0.4, 0.5) is 0 Å². The van der Waals surface area contributed by atoms with Crippen molar-refractivity contribution in [2.75, 3.05) is 0 Å². The molecule has 0 aliphatic carbocycles. The molecule has 0 aliphatic heterocycles. The first kappa shape index (κ1) is 24.7. The van der Waals surface area contributed by atoms with Crippen LogP contribution < -0.4 is 16.4 Å². The minimum absolute atomic E-state index is 0.154. The zero-order valence-electron chi connectivity index (χ0n) is 15.0. The quantitative estimate of drug-likeness (QED) is 0.194. The minimum atomic E-state index is -1.45. The highest BCUT2D eigenvalue weighted by atomic mass is 32.1. The van der Waals surface area contributed by atoms with Gasteiger partial charge in [0.2, 0.25) is 11.8 Å². The van der Waals surface area contributed by atoms with Crippen molar-refractivity contribution in [3.8, 4) is 0 Å². The lowest BCUT2D eigenvalue weighted by molar-refractivity contribution is -0.143. The van der Waals surface area contributed by atoms with Gasteiger partial charge in [-0.3, -0.25) is 19.2 Å². The number of carboxylic acid groups (broad SMARTS) is 3. The van der Waals surface area contributed by atoms with Crippen molar-refractivity contribution in [3.05, 3.63) is 0 Å². The highest BCUT2D eigenvalue weighted by molar-refractivity contribution is 7.81. The first-order valence-corrected chi connectivity index (χ1v) is 8.45. The molecule has 0 aromatic rings. The van der Waals surface area contributed by atoms with Gasteiger partial charge in [-0.15, -0.1) is 0 Å². The average molecular weight is 407 g/mol. The van der Waals surface area contributed by atoms with Crippen LogP contribution in [0.2, 0.25) is 0 Å². The molecule has 12 heteroatoms. The summed E-state index contributed by atoms with van der Waals surface area (Å²) in [5.74, 6) is -5.42. The van der Waals surface area contributed by atoms with E-state index in [0.29, 0.717) is 0 Å². The molecule has 7 N–H and O–H groups in total. The molecule has 0 unspecified atom stereocenters. The molecule has 0 saturated carbocycles. The molecule has 11 nitrogen and oxygen atoms in total. The summed E-state index contributed by atoms with van der Waals surface area (Å²) in [5, 5.41) is 31.0. The van der Waals surface area contributed by atoms with E-state index in [1.807, 2.05) is 0 Å². The van der Waals surface area contributed by atoms with Gasteiger partial charge in [-0.25, -0.2) is 4.79 Å². The molecule has 0 saturated heterocycles. The molecule has 0 heterocycles. The van der Waals surface area contributed by atoms with Crippen LogP contribution in [0, 0.1) is 0 Å². The van der Waals surface area contributed by atoms with Gasteiger partial charge < -0.3 is 31.7 Å². The summed E-state index contributed by atoms with van der Waals surface area (Å²) in [6.45, 7) is 3.02. The van der Waals surface area contributed by atoms with Crippen molar-refractivity contribution in [1.29, 1.82) is 0 Å². The van der Waals surface area contributed by atoms with Crippen LogP contribution in [-0.4, -0.2) is 67.9 Å². The van der Waals surface area contributed by atoms with E-state index in [-0.39, 0.29) is 19.3 Å². The number of nitrogens with one attached hydrogen (secondary N) is 2. The first-order valence-electron chi connectivity index (χ1n) is 8.00. The van der Waals surface area contributed by atoms with Crippen molar-refractivity contribution in [1.82, 2.24) is 10.6 Å². The van der Waals surface area contributed by atoms with E-state index >= 15 is 0 Å². The Labute approximate surface area is 161 Å². The highest BCUT2D eigenvalue weighted by Gasteiger charge is 2.35. The Bertz CT molecular complexity index is 590. The smallest absolute Gasteiger partial charge is 0.326 e. The molecular weight excluding hydrogens is 382 g/mol. The zero-order valence-corrected chi connectivity index (χ0v) is 15.9. The van der Waals surface area contributed by atoms with Gasteiger partial charge in [0.05, 0.1) is 0 Å². The van der Waals surface area contributed by atoms with E-state index in [4.69, 9.17) is 21.1 Å². The predicted molar refractivity (Wildman–Crippen MR) is 96.3 cm³/mol. The summed E-state index contributed by atoms with van der Waals surface area (Å²) >= 11 is 4.23. The summed E-state index contributed by atoms with van der Waals surface area (Å²) in [5.41, 5.74) is 5.31. The van der Waals surface area contributed by atoms with Crippen LogP contribution in [-0.2, 0) is 24.0 Å². The molecule has 0 aromatic carbocycles. The molecule has 27 heavy (non-hydrogen) atoms. The molecule has 3 atom stereocenters. The van der Waals surface area contributed by atoms with Gasteiger partial charge in [-0.05, 0) is 26.7 Å². The van der Waals surface area contributed by atoms with Gasteiger partial charge in [-0.2, -0.15) is 12.6 Å². The molecule has 154 valence electrons. The van der Waals surface area contributed by atoms with Crippen molar-refractivity contribution < 1.29 is 39.3 Å². The SMILES string of the molecule is CC(C)(S)[C@H](NC(=O)CC[C@H](N)C(=O)O)C(=O)N[C@@H](CCC(=O)O)C(=O)O. The van der Waals surface area contributed by atoms with Crippen LogP contribution in [0.25, 0.3) is 0 Å². The van der Waals surface area contributed by atoms with E-state index in [9.17, 15) is 24.0 Å². The topological polar surface area (TPSA) is 196 Å². The number of amides is 2. The number of carboxylic acids is 3. The number of rotatable bonds is 12. The molecule has 0 rings (SSSR count). The van der Waals surface area contributed by atoms with E-state index < -0.39 is 59.0 Å². The number of hydrogen-bond acceptors (Lipinski definition) is 7. The van der Waals surface area contributed by atoms with E-state index in [0.717, 1.165) is 0 Å². The summed E-state index contributed by atoms with van der Waals surface area (Å²) in [4.78, 5) is 56.9. The highest BCUT2D eigenvalue weighted by Crippen LogP contribution is 2.18.